The lowest BCUT2D eigenvalue weighted by Gasteiger charge is -2.25. The minimum absolute atomic E-state index is 0.442. The Morgan fingerprint density at radius 3 is 2.95 bits per heavy atom. The molecule has 1 fully saturated rings. The van der Waals surface area contributed by atoms with Gasteiger partial charge < -0.3 is 0 Å². The minimum atomic E-state index is 0.442. The van der Waals surface area contributed by atoms with Crippen molar-refractivity contribution in [1.29, 1.82) is 0 Å². The highest BCUT2D eigenvalue weighted by molar-refractivity contribution is 6.31. The monoisotopic (exact) mass is 276 g/mol. The number of hydrogen-bond acceptors (Lipinski definition) is 3. The minimum Gasteiger partial charge on any atom is -0.294 e. The van der Waals surface area contributed by atoms with Crippen LogP contribution in [-0.2, 0) is 6.54 Å². The van der Waals surface area contributed by atoms with Gasteiger partial charge in [-0.2, -0.15) is 5.10 Å². The van der Waals surface area contributed by atoms with Crippen LogP contribution in [0.5, 0.6) is 0 Å². The molecule has 2 aromatic rings. The number of rotatable bonds is 4. The van der Waals surface area contributed by atoms with Crippen LogP contribution < -0.4 is 0 Å². The van der Waals surface area contributed by atoms with Crippen molar-refractivity contribution in [1.82, 2.24) is 19.7 Å². The van der Waals surface area contributed by atoms with E-state index in [1.807, 2.05) is 16.8 Å². The smallest absolute Gasteiger partial charge is 0.137 e. The van der Waals surface area contributed by atoms with Crippen molar-refractivity contribution in [3.05, 3.63) is 47.5 Å². The normalized spacial score (nSPS) is 19.9. The molecule has 19 heavy (non-hydrogen) atoms. The maximum atomic E-state index is 6.32. The van der Waals surface area contributed by atoms with Gasteiger partial charge in [0.15, 0.2) is 0 Å². The van der Waals surface area contributed by atoms with Crippen LogP contribution in [0.15, 0.2) is 36.9 Å². The average molecular weight is 277 g/mol. The number of halogens is 1. The lowest BCUT2D eigenvalue weighted by atomic mass is 10.0. The van der Waals surface area contributed by atoms with Crippen molar-refractivity contribution in [2.75, 3.05) is 13.1 Å². The number of nitrogens with zero attached hydrogens (tertiary/aromatic N) is 4. The summed E-state index contributed by atoms with van der Waals surface area (Å²) in [4.78, 5) is 6.46. The molecule has 0 spiro atoms. The molecule has 2 heterocycles. The summed E-state index contributed by atoms with van der Waals surface area (Å²) in [5, 5.41) is 5.02. The topological polar surface area (TPSA) is 34.0 Å². The molecule has 5 heteroatoms. The maximum Gasteiger partial charge on any atom is 0.137 e. The fourth-order valence-corrected chi connectivity index (χ4v) is 3.03. The Kier molecular flexibility index (Phi) is 3.80. The van der Waals surface area contributed by atoms with Gasteiger partial charge >= 0.3 is 0 Å². The fourth-order valence-electron chi connectivity index (χ4n) is 2.77. The predicted molar refractivity (Wildman–Crippen MR) is 75.0 cm³/mol. The maximum absolute atomic E-state index is 6.32. The van der Waals surface area contributed by atoms with E-state index < -0.39 is 0 Å². The molecule has 100 valence electrons. The predicted octanol–water partition coefficient (Wildman–Crippen LogP) is 2.77. The summed E-state index contributed by atoms with van der Waals surface area (Å²) in [5.74, 6) is 0. The van der Waals surface area contributed by atoms with E-state index in [9.17, 15) is 0 Å². The Labute approximate surface area is 118 Å². The summed E-state index contributed by atoms with van der Waals surface area (Å²) in [7, 11) is 0. The zero-order valence-corrected chi connectivity index (χ0v) is 11.5. The molecule has 1 aromatic carbocycles. The summed E-state index contributed by atoms with van der Waals surface area (Å²) in [6.07, 6.45) is 5.75. The molecule has 0 radical (unpaired) electrons. The first-order chi connectivity index (χ1) is 9.34. The van der Waals surface area contributed by atoms with Crippen LogP contribution in [0.25, 0.3) is 0 Å². The van der Waals surface area contributed by atoms with Crippen LogP contribution in [0, 0.1) is 0 Å². The van der Waals surface area contributed by atoms with Crippen molar-refractivity contribution in [2.45, 2.75) is 25.4 Å². The lowest BCUT2D eigenvalue weighted by Crippen LogP contribution is -2.27. The van der Waals surface area contributed by atoms with E-state index >= 15 is 0 Å². The number of hydrogen-bond donors (Lipinski definition) is 0. The molecular formula is C14H17ClN4. The molecule has 0 unspecified atom stereocenters. The first kappa shape index (κ1) is 12.6. The van der Waals surface area contributed by atoms with Crippen molar-refractivity contribution < 1.29 is 0 Å². The third-order valence-corrected chi connectivity index (χ3v) is 4.05. The molecule has 1 saturated heterocycles. The Balaban J connectivity index is 1.69. The van der Waals surface area contributed by atoms with E-state index in [1.165, 1.54) is 18.4 Å². The molecule has 0 saturated carbocycles. The Hall–Kier alpha value is -1.39. The molecule has 0 N–H and O–H groups in total. The first-order valence-corrected chi connectivity index (χ1v) is 7.03. The van der Waals surface area contributed by atoms with Gasteiger partial charge in [0.1, 0.15) is 12.7 Å². The van der Waals surface area contributed by atoms with E-state index in [2.05, 4.69) is 27.1 Å². The van der Waals surface area contributed by atoms with Gasteiger partial charge in [0, 0.05) is 17.6 Å². The molecule has 3 rings (SSSR count). The van der Waals surface area contributed by atoms with E-state index in [0.717, 1.165) is 24.7 Å². The highest BCUT2D eigenvalue weighted by Crippen LogP contribution is 2.35. The van der Waals surface area contributed by atoms with Crippen molar-refractivity contribution in [3.63, 3.8) is 0 Å². The van der Waals surface area contributed by atoms with Gasteiger partial charge in [-0.05, 0) is 31.0 Å². The summed E-state index contributed by atoms with van der Waals surface area (Å²) < 4.78 is 1.88. The third kappa shape index (κ3) is 2.80. The van der Waals surface area contributed by atoms with Gasteiger partial charge in [0.25, 0.3) is 0 Å². The van der Waals surface area contributed by atoms with Gasteiger partial charge in [0.05, 0.1) is 6.54 Å². The van der Waals surface area contributed by atoms with Gasteiger partial charge in [-0.25, -0.2) is 4.98 Å². The molecule has 0 aliphatic carbocycles. The van der Waals surface area contributed by atoms with Crippen LogP contribution in [0.2, 0.25) is 5.02 Å². The van der Waals surface area contributed by atoms with Gasteiger partial charge in [-0.1, -0.05) is 29.8 Å². The van der Waals surface area contributed by atoms with Gasteiger partial charge in [0.2, 0.25) is 0 Å². The number of aromatic nitrogens is 3. The molecule has 1 aliphatic heterocycles. The van der Waals surface area contributed by atoms with Crippen molar-refractivity contribution >= 4 is 11.6 Å². The van der Waals surface area contributed by atoms with E-state index in [0.29, 0.717) is 6.04 Å². The zero-order chi connectivity index (χ0) is 13.1. The second-order valence-corrected chi connectivity index (χ2v) is 5.28. The second kappa shape index (κ2) is 5.72. The summed E-state index contributed by atoms with van der Waals surface area (Å²) >= 11 is 6.32. The van der Waals surface area contributed by atoms with E-state index in [4.69, 9.17) is 11.6 Å². The SMILES string of the molecule is Clc1ccccc1[C@@H]1CCCN1CCn1cncn1. The molecule has 0 bridgehead atoms. The summed E-state index contributed by atoms with van der Waals surface area (Å²) in [6, 6.07) is 8.61. The van der Waals surface area contributed by atoms with Crippen LogP contribution in [0.4, 0.5) is 0 Å². The lowest BCUT2D eigenvalue weighted by molar-refractivity contribution is 0.243. The number of likely N-dealkylation sites (tertiary alicyclic amines) is 1. The van der Waals surface area contributed by atoms with Crippen molar-refractivity contribution in [3.8, 4) is 0 Å². The molecule has 1 aromatic heterocycles. The molecule has 4 nitrogen and oxygen atoms in total. The van der Waals surface area contributed by atoms with Crippen LogP contribution >= 0.6 is 11.6 Å². The molecular weight excluding hydrogens is 260 g/mol. The van der Waals surface area contributed by atoms with Crippen LogP contribution in [0.3, 0.4) is 0 Å². The first-order valence-electron chi connectivity index (χ1n) is 6.65. The Morgan fingerprint density at radius 2 is 2.16 bits per heavy atom. The van der Waals surface area contributed by atoms with Crippen LogP contribution in [0.1, 0.15) is 24.4 Å². The quantitative estimate of drug-likeness (QED) is 0.861. The largest absolute Gasteiger partial charge is 0.294 e. The van der Waals surface area contributed by atoms with E-state index in [1.54, 1.807) is 12.7 Å². The highest BCUT2D eigenvalue weighted by Gasteiger charge is 2.26. The standard InChI is InChI=1S/C14H17ClN4/c15-13-5-2-1-4-12(13)14-6-3-7-18(14)8-9-19-11-16-10-17-19/h1-2,4-5,10-11,14H,3,6-9H2/t14-/m0/s1. The Bertz CT molecular complexity index is 526. The summed E-state index contributed by atoms with van der Waals surface area (Å²) in [6.45, 7) is 2.99. The third-order valence-electron chi connectivity index (χ3n) is 3.71. The van der Waals surface area contributed by atoms with Gasteiger partial charge in [-0.3, -0.25) is 9.58 Å². The molecule has 1 atom stereocenters. The van der Waals surface area contributed by atoms with E-state index in [-0.39, 0.29) is 0 Å². The Morgan fingerprint density at radius 1 is 1.26 bits per heavy atom. The summed E-state index contributed by atoms with van der Waals surface area (Å²) in [5.41, 5.74) is 1.25. The fraction of sp³-hybridized carbons (Fsp3) is 0.429. The zero-order valence-electron chi connectivity index (χ0n) is 10.7. The van der Waals surface area contributed by atoms with Crippen LogP contribution in [-0.4, -0.2) is 32.8 Å². The molecule has 0 amide bonds. The van der Waals surface area contributed by atoms with Gasteiger partial charge in [-0.15, -0.1) is 0 Å². The number of benzene rings is 1. The highest BCUT2D eigenvalue weighted by atomic mass is 35.5. The average Bonchev–Trinajstić information content (AvgIpc) is 3.08. The molecule has 1 aliphatic rings. The van der Waals surface area contributed by atoms with Crippen molar-refractivity contribution in [2.24, 2.45) is 0 Å². The second-order valence-electron chi connectivity index (χ2n) is 4.87.